The van der Waals surface area contributed by atoms with E-state index in [-0.39, 0.29) is 41.5 Å². The average molecular weight is 625 g/mol. The van der Waals surface area contributed by atoms with Crippen LogP contribution in [-0.2, 0) is 25.8 Å². The summed E-state index contributed by atoms with van der Waals surface area (Å²) in [7, 11) is -5.08. The highest BCUT2D eigenvalue weighted by Gasteiger charge is 2.51. The van der Waals surface area contributed by atoms with E-state index >= 15 is 0 Å². The van der Waals surface area contributed by atoms with Crippen LogP contribution in [-0.4, -0.2) is 98.3 Å². The van der Waals surface area contributed by atoms with Gasteiger partial charge in [0.2, 0.25) is 10.0 Å². The van der Waals surface area contributed by atoms with Crippen molar-refractivity contribution in [2.75, 3.05) is 45.2 Å². The van der Waals surface area contributed by atoms with Crippen LogP contribution in [0.4, 0.5) is 18.9 Å². The zero-order valence-electron chi connectivity index (χ0n) is 23.0. The number of alkyl halides is 3. The number of hydrogen-bond donors (Lipinski definition) is 1. The van der Waals surface area contributed by atoms with E-state index in [0.717, 1.165) is 16.4 Å². The van der Waals surface area contributed by atoms with Gasteiger partial charge in [-0.05, 0) is 44.5 Å². The lowest BCUT2D eigenvalue weighted by Gasteiger charge is -2.44. The third-order valence-corrected chi connectivity index (χ3v) is 11.6. The van der Waals surface area contributed by atoms with Crippen LogP contribution in [0.3, 0.4) is 0 Å². The van der Waals surface area contributed by atoms with E-state index in [9.17, 15) is 35.1 Å². The van der Waals surface area contributed by atoms with Crippen molar-refractivity contribution in [3.63, 3.8) is 0 Å². The fraction of sp³-hybridized carbons (Fsp3) is 0.560. The summed E-state index contributed by atoms with van der Waals surface area (Å²) in [6.45, 7) is 4.09. The molecule has 1 aliphatic heterocycles. The summed E-state index contributed by atoms with van der Waals surface area (Å²) in [5.74, 6) is 0. The van der Waals surface area contributed by atoms with Gasteiger partial charge in [0, 0.05) is 63.3 Å². The Morgan fingerprint density at radius 3 is 2.20 bits per heavy atom. The van der Waals surface area contributed by atoms with Crippen molar-refractivity contribution in [1.82, 2.24) is 12.9 Å². The van der Waals surface area contributed by atoms with Gasteiger partial charge < -0.3 is 10.0 Å². The Hall–Kier alpha value is -1.88. The fourth-order valence-corrected chi connectivity index (χ4v) is 7.95. The molecule has 0 saturated carbocycles. The Bertz CT molecular complexity index is 1370. The van der Waals surface area contributed by atoms with Gasteiger partial charge in [-0.3, -0.25) is 0 Å². The number of aliphatic hydroxyl groups is 1. The van der Waals surface area contributed by atoms with Gasteiger partial charge >= 0.3 is 6.18 Å². The molecule has 0 bridgehead atoms. The van der Waals surface area contributed by atoms with Crippen molar-refractivity contribution in [1.29, 1.82) is 0 Å². The van der Waals surface area contributed by atoms with E-state index in [1.807, 2.05) is 0 Å². The van der Waals surface area contributed by atoms with Crippen LogP contribution in [0.15, 0.2) is 47.4 Å². The molecule has 9 nitrogen and oxygen atoms in total. The first-order chi connectivity index (χ1) is 18.3. The van der Waals surface area contributed by atoms with Gasteiger partial charge in [0.05, 0.1) is 10.9 Å². The lowest BCUT2D eigenvalue weighted by Crippen LogP contribution is -2.60. The summed E-state index contributed by atoms with van der Waals surface area (Å²) < 4.78 is 97.1. The number of hydrogen-bond acceptors (Lipinski definition) is 7. The normalized spacial score (nSPS) is 21.3. The quantitative estimate of drug-likeness (QED) is 0.422. The van der Waals surface area contributed by atoms with Crippen molar-refractivity contribution in [3.8, 4) is 0 Å². The number of nitrogens with zero attached hydrogens (tertiary/aromatic N) is 4. The predicted molar refractivity (Wildman–Crippen MR) is 153 cm³/mol. The first-order valence-electron chi connectivity index (χ1n) is 12.6. The molecule has 2 aliphatic rings. The maximum absolute atomic E-state index is 13.6. The van der Waals surface area contributed by atoms with Gasteiger partial charge in [-0.25, -0.2) is 8.42 Å². The number of thiocarbonyl (C=S) groups is 1. The minimum atomic E-state index is -4.89. The summed E-state index contributed by atoms with van der Waals surface area (Å²) in [6, 6.07) is 3.99. The highest BCUT2D eigenvalue weighted by Crippen LogP contribution is 2.39. The number of rotatable bonds is 9. The predicted octanol–water partition coefficient (Wildman–Crippen LogP) is 3.01. The smallest absolute Gasteiger partial charge is 0.376 e. The van der Waals surface area contributed by atoms with Crippen molar-refractivity contribution in [2.24, 2.45) is 0 Å². The van der Waals surface area contributed by atoms with Gasteiger partial charge in [0.15, 0.2) is 5.60 Å². The third-order valence-electron chi connectivity index (χ3n) is 7.06. The second-order valence-electron chi connectivity index (χ2n) is 10.4. The van der Waals surface area contributed by atoms with Crippen molar-refractivity contribution >= 4 is 43.0 Å². The maximum atomic E-state index is 13.6. The van der Waals surface area contributed by atoms with Crippen molar-refractivity contribution < 1.29 is 35.1 Å². The molecule has 0 unspecified atom stereocenters. The summed E-state index contributed by atoms with van der Waals surface area (Å²) in [5, 5.41) is 10.1. The molecule has 0 aromatic heterocycles. The molecule has 1 N–H and O–H groups in total. The van der Waals surface area contributed by atoms with Crippen LogP contribution in [0.2, 0.25) is 0 Å². The van der Waals surface area contributed by atoms with Gasteiger partial charge in [-0.15, -0.1) is 0 Å². The Kier molecular flexibility index (Phi) is 9.61. The summed E-state index contributed by atoms with van der Waals surface area (Å²) in [4.78, 5) is 2.09. The minimum absolute atomic E-state index is 0.0255. The number of piperazine rings is 1. The maximum Gasteiger partial charge on any atom is 0.421 e. The van der Waals surface area contributed by atoms with Crippen LogP contribution in [0, 0.1) is 0 Å². The molecule has 0 radical (unpaired) electrons. The first kappa shape index (κ1) is 32.6. The van der Waals surface area contributed by atoms with E-state index in [1.54, 1.807) is 30.9 Å². The Labute approximate surface area is 239 Å². The molecule has 1 heterocycles. The zero-order valence-corrected chi connectivity index (χ0v) is 25.4. The van der Waals surface area contributed by atoms with Crippen LogP contribution >= 0.6 is 12.2 Å². The Morgan fingerprint density at radius 1 is 1.10 bits per heavy atom. The number of anilines is 1. The zero-order chi connectivity index (χ0) is 30.3. The lowest BCUT2D eigenvalue weighted by atomic mass is 9.95. The molecule has 1 aromatic carbocycles. The number of sulfonamides is 1. The molecule has 224 valence electrons. The molecular formula is C25H35F3N4O5S3. The minimum Gasteiger partial charge on any atom is -0.376 e. The highest BCUT2D eigenvalue weighted by molar-refractivity contribution is 7.96. The molecule has 2 atom stereocenters. The molecule has 15 heteroatoms. The molecule has 0 amide bonds. The number of halogens is 3. The molecular weight excluding hydrogens is 589 g/mol. The van der Waals surface area contributed by atoms with E-state index in [2.05, 4.69) is 0 Å². The summed E-state index contributed by atoms with van der Waals surface area (Å²) in [6.07, 6.45) is 0.260. The second kappa shape index (κ2) is 11.8. The van der Waals surface area contributed by atoms with Crippen LogP contribution in [0.25, 0.3) is 0 Å². The van der Waals surface area contributed by atoms with E-state index in [0.29, 0.717) is 19.0 Å². The van der Waals surface area contributed by atoms with E-state index in [1.165, 1.54) is 40.9 Å². The highest BCUT2D eigenvalue weighted by atomic mass is 32.2. The van der Waals surface area contributed by atoms with Crippen molar-refractivity contribution in [2.45, 2.75) is 51.1 Å². The second-order valence-corrected chi connectivity index (χ2v) is 14.9. The molecule has 1 aliphatic carbocycles. The summed E-state index contributed by atoms with van der Waals surface area (Å²) >= 11 is 5.29. The summed E-state index contributed by atoms with van der Waals surface area (Å²) in [5.41, 5.74) is -2.96. The molecule has 0 spiro atoms. The lowest BCUT2D eigenvalue weighted by molar-refractivity contribution is -0.258. The van der Waals surface area contributed by atoms with Gasteiger partial charge in [-0.1, -0.05) is 36.5 Å². The topological polar surface area (TPSA) is 101 Å². The molecule has 1 fully saturated rings. The van der Waals surface area contributed by atoms with Gasteiger partial charge in [0.1, 0.15) is 0 Å². The van der Waals surface area contributed by atoms with Crippen LogP contribution in [0.1, 0.15) is 32.8 Å². The SMILES string of the molecule is CC(C)N(C[C@H]1CN(S(=O)(=O)C2=CC=CCC2=S)CCN1c1ccc([C@](C)(O)C(F)(F)F)cc1)S(=O)(=O)N(C)C. The molecule has 40 heavy (non-hydrogen) atoms. The molecule has 3 rings (SSSR count). The monoisotopic (exact) mass is 624 g/mol. The van der Waals surface area contributed by atoms with Crippen LogP contribution in [0.5, 0.6) is 0 Å². The average Bonchev–Trinajstić information content (AvgIpc) is 2.86. The largest absolute Gasteiger partial charge is 0.421 e. The standard InChI is InChI=1S/C25H35F3N4O5S3/c1-18(2)32(40(36,37)29(4)5)17-21-16-30(39(34,35)23-9-7-6-8-22(23)38)14-15-31(21)20-12-10-19(11-13-20)24(3,33)25(26,27)28/h6-7,9-13,18,21,33H,8,14-17H2,1-5H3/t21-,24+/m1/s1. The first-order valence-corrected chi connectivity index (χ1v) is 15.8. The van der Waals surface area contributed by atoms with E-state index < -0.39 is 44.1 Å². The Balaban J connectivity index is 2.02. The Morgan fingerprint density at radius 2 is 1.70 bits per heavy atom. The molecule has 1 aromatic rings. The third kappa shape index (κ3) is 6.45. The number of allylic oxidation sites excluding steroid dienone is 4. The van der Waals surface area contributed by atoms with Gasteiger partial charge in [-0.2, -0.15) is 34.5 Å². The number of benzene rings is 1. The van der Waals surface area contributed by atoms with Gasteiger partial charge in [0.25, 0.3) is 10.2 Å². The molecule has 1 saturated heterocycles. The van der Waals surface area contributed by atoms with Crippen LogP contribution < -0.4 is 4.90 Å². The fourth-order valence-electron chi connectivity index (χ4n) is 4.56. The van der Waals surface area contributed by atoms with E-state index in [4.69, 9.17) is 12.2 Å². The van der Waals surface area contributed by atoms with Crippen molar-refractivity contribution in [3.05, 3.63) is 53.0 Å².